The Balaban J connectivity index is 1.56. The third-order valence-corrected chi connectivity index (χ3v) is 4.32. The second-order valence-corrected chi connectivity index (χ2v) is 6.78. The molecular weight excluding hydrogens is 357 g/mol. The second kappa shape index (κ2) is 7.64. The molecule has 0 radical (unpaired) electrons. The van der Waals surface area contributed by atoms with Gasteiger partial charge in [0.2, 0.25) is 11.8 Å². The number of anilines is 1. The summed E-state index contributed by atoms with van der Waals surface area (Å²) in [6.07, 6.45) is 1.62. The van der Waals surface area contributed by atoms with Gasteiger partial charge < -0.3 is 15.0 Å². The number of nitrogens with zero attached hydrogens (tertiary/aromatic N) is 3. The summed E-state index contributed by atoms with van der Waals surface area (Å²) in [6.45, 7) is 4.20. The van der Waals surface area contributed by atoms with E-state index in [4.69, 9.17) is 4.74 Å². The van der Waals surface area contributed by atoms with Gasteiger partial charge in [-0.05, 0) is 42.3 Å². The van der Waals surface area contributed by atoms with Crippen molar-refractivity contribution in [3.05, 3.63) is 72.4 Å². The van der Waals surface area contributed by atoms with E-state index in [0.717, 1.165) is 16.9 Å². The Bertz CT molecular complexity index is 1040. The van der Waals surface area contributed by atoms with Gasteiger partial charge in [0.05, 0.1) is 17.1 Å². The predicted molar refractivity (Wildman–Crippen MR) is 106 cm³/mol. The van der Waals surface area contributed by atoms with E-state index in [9.17, 15) is 4.39 Å². The van der Waals surface area contributed by atoms with Crippen molar-refractivity contribution in [3.63, 3.8) is 0 Å². The van der Waals surface area contributed by atoms with E-state index in [1.807, 2.05) is 24.3 Å². The van der Waals surface area contributed by atoms with Crippen LogP contribution in [0.5, 0.6) is 11.6 Å². The normalized spacial score (nSPS) is 12.3. The van der Waals surface area contributed by atoms with Gasteiger partial charge in [0.25, 0.3) is 0 Å². The van der Waals surface area contributed by atoms with Gasteiger partial charge in [-0.15, -0.1) is 0 Å². The summed E-state index contributed by atoms with van der Waals surface area (Å²) >= 11 is 0. The number of benzene rings is 2. The molecule has 0 aliphatic heterocycles. The Morgan fingerprint density at radius 3 is 2.54 bits per heavy atom. The standard InChI is InChI=1S/C21H20FN5O/c1-13(2)19(20-24-16-5-3-4-6-17(16)25-20)27-21-23-12-11-18(26-21)28-15-9-7-14(22)8-10-15/h3-13,19H,1-2H3,(H,24,25)(H,23,26,27)/t19-/m0/s1. The van der Waals surface area contributed by atoms with Gasteiger partial charge >= 0.3 is 0 Å². The first kappa shape index (κ1) is 17.9. The number of ether oxygens (including phenoxy) is 1. The number of imidazole rings is 1. The van der Waals surface area contributed by atoms with Gasteiger partial charge in [0.1, 0.15) is 17.4 Å². The molecule has 142 valence electrons. The van der Waals surface area contributed by atoms with Gasteiger partial charge in [0, 0.05) is 12.3 Å². The zero-order valence-corrected chi connectivity index (χ0v) is 15.6. The molecule has 0 unspecified atom stereocenters. The Hall–Kier alpha value is -3.48. The van der Waals surface area contributed by atoms with Gasteiger partial charge in [-0.1, -0.05) is 26.0 Å². The van der Waals surface area contributed by atoms with Crippen LogP contribution in [0, 0.1) is 11.7 Å². The third kappa shape index (κ3) is 3.93. The number of aromatic nitrogens is 4. The van der Waals surface area contributed by atoms with Crippen molar-refractivity contribution < 1.29 is 9.13 Å². The number of fused-ring (bicyclic) bond motifs is 1. The van der Waals surface area contributed by atoms with Crippen molar-refractivity contribution >= 4 is 17.0 Å². The summed E-state index contributed by atoms with van der Waals surface area (Å²) in [5, 5.41) is 3.34. The highest BCUT2D eigenvalue weighted by molar-refractivity contribution is 5.74. The second-order valence-electron chi connectivity index (χ2n) is 6.78. The first-order valence-electron chi connectivity index (χ1n) is 9.06. The SMILES string of the molecule is CC(C)[C@H](Nc1nccc(Oc2ccc(F)cc2)n1)c1nc2ccccc2[nH]1. The molecule has 0 saturated carbocycles. The Morgan fingerprint density at radius 2 is 1.79 bits per heavy atom. The molecule has 2 heterocycles. The molecule has 0 saturated heterocycles. The van der Waals surface area contributed by atoms with Gasteiger partial charge in [-0.25, -0.2) is 14.4 Å². The number of nitrogens with one attached hydrogen (secondary N) is 2. The first-order chi connectivity index (χ1) is 13.6. The van der Waals surface area contributed by atoms with E-state index in [2.05, 4.69) is 39.1 Å². The Kier molecular flexibility index (Phi) is 4.89. The molecule has 6 nitrogen and oxygen atoms in total. The van der Waals surface area contributed by atoms with Crippen LogP contribution in [-0.2, 0) is 0 Å². The largest absolute Gasteiger partial charge is 0.439 e. The van der Waals surface area contributed by atoms with Crippen LogP contribution in [0.25, 0.3) is 11.0 Å². The fraction of sp³-hybridized carbons (Fsp3) is 0.190. The molecule has 4 aromatic rings. The zero-order valence-electron chi connectivity index (χ0n) is 15.6. The van der Waals surface area contributed by atoms with E-state index in [-0.39, 0.29) is 17.8 Å². The molecule has 0 bridgehead atoms. The van der Waals surface area contributed by atoms with Crippen molar-refractivity contribution in [1.82, 2.24) is 19.9 Å². The van der Waals surface area contributed by atoms with Crippen LogP contribution >= 0.6 is 0 Å². The van der Waals surface area contributed by atoms with Crippen LogP contribution in [0.4, 0.5) is 10.3 Å². The number of rotatable bonds is 6. The van der Waals surface area contributed by atoms with Crippen molar-refractivity contribution in [2.75, 3.05) is 5.32 Å². The smallest absolute Gasteiger partial charge is 0.226 e. The van der Waals surface area contributed by atoms with Crippen LogP contribution in [0.3, 0.4) is 0 Å². The molecule has 0 spiro atoms. The lowest BCUT2D eigenvalue weighted by Crippen LogP contribution is -2.19. The van der Waals surface area contributed by atoms with E-state index < -0.39 is 0 Å². The molecule has 4 rings (SSSR count). The molecule has 0 amide bonds. The maximum Gasteiger partial charge on any atom is 0.226 e. The number of hydrogen-bond donors (Lipinski definition) is 2. The van der Waals surface area contributed by atoms with E-state index in [0.29, 0.717) is 17.6 Å². The lowest BCUT2D eigenvalue weighted by atomic mass is 10.0. The molecule has 0 aliphatic carbocycles. The highest BCUT2D eigenvalue weighted by Gasteiger charge is 2.21. The van der Waals surface area contributed by atoms with E-state index in [1.54, 1.807) is 24.4 Å². The molecular formula is C21H20FN5O. The third-order valence-electron chi connectivity index (χ3n) is 4.32. The molecule has 0 aliphatic rings. The summed E-state index contributed by atoms with van der Waals surface area (Å²) in [7, 11) is 0. The lowest BCUT2D eigenvalue weighted by Gasteiger charge is -2.20. The molecule has 7 heteroatoms. The van der Waals surface area contributed by atoms with E-state index >= 15 is 0 Å². The van der Waals surface area contributed by atoms with Crippen LogP contribution in [0.15, 0.2) is 60.8 Å². The maximum absolute atomic E-state index is 13.0. The topological polar surface area (TPSA) is 75.7 Å². The quantitative estimate of drug-likeness (QED) is 0.489. The van der Waals surface area contributed by atoms with Gasteiger partial charge in [-0.2, -0.15) is 4.98 Å². The maximum atomic E-state index is 13.0. The van der Waals surface area contributed by atoms with Crippen LogP contribution in [0.2, 0.25) is 0 Å². The summed E-state index contributed by atoms with van der Waals surface area (Å²) in [5.41, 5.74) is 1.90. The number of para-hydroxylation sites is 2. The molecule has 0 fully saturated rings. The average Bonchev–Trinajstić information content (AvgIpc) is 3.12. The summed E-state index contributed by atoms with van der Waals surface area (Å²) in [6, 6.07) is 15.2. The molecule has 2 aromatic carbocycles. The monoisotopic (exact) mass is 377 g/mol. The minimum Gasteiger partial charge on any atom is -0.439 e. The highest BCUT2D eigenvalue weighted by atomic mass is 19.1. The fourth-order valence-electron chi connectivity index (χ4n) is 2.90. The van der Waals surface area contributed by atoms with Crippen molar-refractivity contribution in [2.24, 2.45) is 5.92 Å². The molecule has 28 heavy (non-hydrogen) atoms. The Labute approximate surface area is 161 Å². The predicted octanol–water partition coefficient (Wildman–Crippen LogP) is 5.09. The number of H-pyrrole nitrogens is 1. The fourth-order valence-corrected chi connectivity index (χ4v) is 2.90. The van der Waals surface area contributed by atoms with E-state index in [1.165, 1.54) is 12.1 Å². The molecule has 2 aromatic heterocycles. The van der Waals surface area contributed by atoms with Crippen LogP contribution in [0.1, 0.15) is 25.7 Å². The lowest BCUT2D eigenvalue weighted by molar-refractivity contribution is 0.458. The van der Waals surface area contributed by atoms with Crippen LogP contribution < -0.4 is 10.1 Å². The summed E-state index contributed by atoms with van der Waals surface area (Å²) in [4.78, 5) is 16.8. The minimum atomic E-state index is -0.317. The van der Waals surface area contributed by atoms with Crippen molar-refractivity contribution in [1.29, 1.82) is 0 Å². The number of halogens is 1. The molecule has 2 N–H and O–H groups in total. The minimum absolute atomic E-state index is 0.103. The highest BCUT2D eigenvalue weighted by Crippen LogP contribution is 2.26. The van der Waals surface area contributed by atoms with Crippen molar-refractivity contribution in [3.8, 4) is 11.6 Å². The average molecular weight is 377 g/mol. The van der Waals surface area contributed by atoms with Gasteiger partial charge in [0.15, 0.2) is 0 Å². The van der Waals surface area contributed by atoms with Gasteiger partial charge in [-0.3, -0.25) is 0 Å². The Morgan fingerprint density at radius 1 is 1.00 bits per heavy atom. The van der Waals surface area contributed by atoms with Crippen LogP contribution in [-0.4, -0.2) is 19.9 Å². The zero-order chi connectivity index (χ0) is 19.5. The molecule has 1 atom stereocenters. The summed E-state index contributed by atoms with van der Waals surface area (Å²) in [5.74, 6) is 2.05. The first-order valence-corrected chi connectivity index (χ1v) is 9.06. The number of hydrogen-bond acceptors (Lipinski definition) is 5. The number of aromatic amines is 1. The summed E-state index contributed by atoms with van der Waals surface area (Å²) < 4.78 is 18.7. The van der Waals surface area contributed by atoms with Crippen molar-refractivity contribution in [2.45, 2.75) is 19.9 Å².